The third-order valence-corrected chi connectivity index (χ3v) is 9.98. The van der Waals surface area contributed by atoms with E-state index in [0.717, 1.165) is 12.1 Å². The fourth-order valence-corrected chi connectivity index (χ4v) is 6.41. The number of benzene rings is 2. The zero-order chi connectivity index (χ0) is 45.5. The minimum Gasteiger partial charge on any atom is -0.394 e. The first-order valence-corrected chi connectivity index (χ1v) is 21.4. The van der Waals surface area contributed by atoms with Crippen molar-refractivity contribution in [3.05, 3.63) is 47.5 Å². The van der Waals surface area contributed by atoms with Crippen LogP contribution in [0.4, 0.5) is 47.1 Å². The highest BCUT2D eigenvalue weighted by atomic mass is 32.2. The van der Waals surface area contributed by atoms with Gasteiger partial charge in [0.1, 0.15) is 9.79 Å². The summed E-state index contributed by atoms with van der Waals surface area (Å²) in [6, 6.07) is 7.35. The van der Waals surface area contributed by atoms with Crippen LogP contribution in [0, 0.1) is 0 Å². The minimum atomic E-state index is -4.94. The molecule has 4 atom stereocenters. The van der Waals surface area contributed by atoms with Gasteiger partial charge in [-0.1, -0.05) is 24.3 Å². The van der Waals surface area contributed by atoms with Crippen molar-refractivity contribution in [2.45, 2.75) is 47.0 Å². The van der Waals surface area contributed by atoms with Gasteiger partial charge >= 0.3 is 0 Å². The number of hydrogen-bond donors (Lipinski definition) is 16. The summed E-state index contributed by atoms with van der Waals surface area (Å²) in [7, 11) is -9.89. The molecule has 28 heteroatoms. The third kappa shape index (κ3) is 15.8. The molecule has 0 aliphatic heterocycles. The summed E-state index contributed by atoms with van der Waals surface area (Å²) in [5.74, 6) is -0.528. The number of anilines is 8. The molecule has 2 aromatic carbocycles. The van der Waals surface area contributed by atoms with E-state index in [1.54, 1.807) is 0 Å². The lowest BCUT2D eigenvalue weighted by molar-refractivity contribution is 0.0910. The SMILES string of the molecule is O=S(=O)(O)c1cc(Nc2nc(NCCC(O)CO)nc(NCC(O)CO)n2)ccc1/C=C/c1ccc(Nc2nc(NCCC(O)CO)nc(NCC(O)CO)n2)cc1S(=O)(=O)O. The summed E-state index contributed by atoms with van der Waals surface area (Å²) in [6.07, 6.45) is -1.79. The van der Waals surface area contributed by atoms with Gasteiger partial charge in [-0.15, -0.1) is 0 Å². The van der Waals surface area contributed by atoms with Crippen molar-refractivity contribution in [3.8, 4) is 0 Å². The zero-order valence-corrected chi connectivity index (χ0v) is 34.2. The lowest BCUT2D eigenvalue weighted by Crippen LogP contribution is -2.24. The highest BCUT2D eigenvalue weighted by molar-refractivity contribution is 7.86. The van der Waals surface area contributed by atoms with Gasteiger partial charge in [-0.3, -0.25) is 9.11 Å². The fraction of sp³-hybridized carbons (Fsp3) is 0.412. The Hall–Kier alpha value is -5.50. The molecular weight excluding hydrogens is 865 g/mol. The normalized spacial score (nSPS) is 13.9. The molecule has 16 N–H and O–H groups in total. The van der Waals surface area contributed by atoms with Crippen LogP contribution in [-0.4, -0.2) is 174 Å². The minimum absolute atomic E-state index is 0.0299. The quantitative estimate of drug-likeness (QED) is 0.0240. The lowest BCUT2D eigenvalue weighted by atomic mass is 10.1. The highest BCUT2D eigenvalue weighted by Gasteiger charge is 2.20. The van der Waals surface area contributed by atoms with Gasteiger partial charge in [0.05, 0.1) is 50.8 Å². The molecule has 4 rings (SSSR count). The monoisotopic (exact) mass is 912 g/mol. The van der Waals surface area contributed by atoms with Crippen LogP contribution in [0.1, 0.15) is 24.0 Å². The third-order valence-electron chi connectivity index (χ3n) is 8.16. The Morgan fingerprint density at radius 3 is 1.13 bits per heavy atom. The molecule has 4 unspecified atom stereocenters. The largest absolute Gasteiger partial charge is 0.394 e. The predicted molar refractivity (Wildman–Crippen MR) is 223 cm³/mol. The number of rotatable bonds is 26. The maximum absolute atomic E-state index is 12.6. The molecule has 2 aromatic heterocycles. The van der Waals surface area contributed by atoms with Crippen molar-refractivity contribution >= 4 is 79.5 Å². The Morgan fingerprint density at radius 2 is 0.806 bits per heavy atom. The predicted octanol–water partition coefficient (Wildman–Crippen LogP) is -1.95. The Bertz CT molecular complexity index is 2190. The average molecular weight is 913 g/mol. The van der Waals surface area contributed by atoms with E-state index in [2.05, 4.69) is 61.8 Å². The van der Waals surface area contributed by atoms with Gasteiger partial charge in [0.15, 0.2) is 0 Å². The second-order valence-corrected chi connectivity index (χ2v) is 16.0. The van der Waals surface area contributed by atoms with Crippen molar-refractivity contribution in [1.82, 2.24) is 29.9 Å². The molecule has 0 radical (unpaired) electrons. The Balaban J connectivity index is 1.62. The smallest absolute Gasteiger partial charge is 0.295 e. The molecule has 0 aliphatic rings. The molecule has 0 saturated heterocycles. The molecule has 340 valence electrons. The number of nitrogens with one attached hydrogen (secondary N) is 6. The first kappa shape index (κ1) is 49.2. The van der Waals surface area contributed by atoms with Gasteiger partial charge in [0.2, 0.25) is 35.7 Å². The lowest BCUT2D eigenvalue weighted by Gasteiger charge is -2.14. The molecule has 0 aliphatic carbocycles. The van der Waals surface area contributed by atoms with E-state index in [1.165, 1.54) is 36.4 Å². The molecular formula is C34H48N12O14S2. The number of aliphatic hydroxyl groups is 8. The summed E-state index contributed by atoms with van der Waals surface area (Å²) < 4.78 is 70.6. The van der Waals surface area contributed by atoms with Crippen LogP contribution < -0.4 is 31.9 Å². The number of aliphatic hydroxyl groups excluding tert-OH is 8. The van der Waals surface area contributed by atoms with E-state index >= 15 is 0 Å². The Labute approximate surface area is 354 Å². The maximum Gasteiger partial charge on any atom is 0.295 e. The standard InChI is InChI=1S/C34H48N12O14S2/c47-15-23(51)7-9-35-29-41-31(37-13-25(53)17-49)45-33(43-29)39-21-5-3-19(27(11-21)61(55,56)57)1-2-20-4-6-22(12-28(20)62(58,59)60)40-34-44-30(36-10-8-24(52)16-48)42-32(46-34)38-14-26(54)18-50/h1-6,11-12,23-26,47-54H,7-10,13-18H2,(H,55,56,57)(H,58,59,60)(H3,35,37,39,41,43,45)(H3,36,38,40,42,44,46)/b2-1+. The van der Waals surface area contributed by atoms with Crippen molar-refractivity contribution in [1.29, 1.82) is 0 Å². The second kappa shape index (κ2) is 23.1. The van der Waals surface area contributed by atoms with Crippen molar-refractivity contribution < 1.29 is 66.8 Å². The topological polar surface area (TPSA) is 420 Å². The van der Waals surface area contributed by atoms with E-state index in [4.69, 9.17) is 20.4 Å². The Morgan fingerprint density at radius 1 is 0.484 bits per heavy atom. The van der Waals surface area contributed by atoms with E-state index in [-0.39, 0.29) is 97.2 Å². The van der Waals surface area contributed by atoms with Crippen LogP contribution in [0.15, 0.2) is 46.2 Å². The van der Waals surface area contributed by atoms with Crippen LogP contribution in [0.25, 0.3) is 12.2 Å². The van der Waals surface area contributed by atoms with Crippen molar-refractivity contribution in [2.24, 2.45) is 0 Å². The molecule has 26 nitrogen and oxygen atoms in total. The van der Waals surface area contributed by atoms with Crippen LogP contribution in [0.2, 0.25) is 0 Å². The summed E-state index contributed by atoms with van der Waals surface area (Å²) in [5.41, 5.74) is -0.156. The van der Waals surface area contributed by atoms with Crippen LogP contribution in [-0.2, 0) is 20.2 Å². The van der Waals surface area contributed by atoms with Gasteiger partial charge in [0.25, 0.3) is 20.2 Å². The number of nitrogens with zero attached hydrogens (tertiary/aromatic N) is 6. The summed E-state index contributed by atoms with van der Waals surface area (Å²) in [4.78, 5) is 23.7. The van der Waals surface area contributed by atoms with E-state index in [9.17, 15) is 46.4 Å². The molecule has 0 saturated carbocycles. The van der Waals surface area contributed by atoms with Gasteiger partial charge in [0, 0.05) is 37.6 Å². The van der Waals surface area contributed by atoms with Crippen LogP contribution in [0.3, 0.4) is 0 Å². The van der Waals surface area contributed by atoms with Gasteiger partial charge in [-0.2, -0.15) is 46.7 Å². The number of aromatic nitrogens is 6. The summed E-state index contributed by atoms with van der Waals surface area (Å²) in [6.45, 7) is -2.16. The molecule has 0 bridgehead atoms. The fourth-order valence-electron chi connectivity index (χ4n) is 5.00. The zero-order valence-electron chi connectivity index (χ0n) is 32.6. The molecule has 0 spiro atoms. The van der Waals surface area contributed by atoms with Crippen LogP contribution in [0.5, 0.6) is 0 Å². The first-order chi connectivity index (χ1) is 29.4. The van der Waals surface area contributed by atoms with Gasteiger partial charge < -0.3 is 72.8 Å². The van der Waals surface area contributed by atoms with Crippen molar-refractivity contribution in [2.75, 3.05) is 84.5 Å². The molecule has 2 heterocycles. The molecule has 0 amide bonds. The van der Waals surface area contributed by atoms with Gasteiger partial charge in [-0.25, -0.2) is 0 Å². The van der Waals surface area contributed by atoms with E-state index in [0.29, 0.717) is 0 Å². The van der Waals surface area contributed by atoms with E-state index < -0.39 is 80.9 Å². The molecule has 4 aromatic rings. The average Bonchev–Trinajstić information content (AvgIpc) is 3.23. The Kier molecular flexibility index (Phi) is 18.3. The van der Waals surface area contributed by atoms with E-state index in [1.807, 2.05) is 0 Å². The molecule has 62 heavy (non-hydrogen) atoms. The second-order valence-electron chi connectivity index (χ2n) is 13.2. The van der Waals surface area contributed by atoms with Crippen LogP contribution >= 0.6 is 0 Å². The highest BCUT2D eigenvalue weighted by Crippen LogP contribution is 2.28. The summed E-state index contributed by atoms with van der Waals surface area (Å²) in [5, 5.41) is 92.0. The maximum atomic E-state index is 12.6. The molecule has 0 fully saturated rings. The van der Waals surface area contributed by atoms with Crippen molar-refractivity contribution in [3.63, 3.8) is 0 Å². The first-order valence-electron chi connectivity index (χ1n) is 18.5. The van der Waals surface area contributed by atoms with Gasteiger partial charge in [-0.05, 0) is 48.2 Å². The number of hydrogen-bond acceptors (Lipinski definition) is 24. The summed E-state index contributed by atoms with van der Waals surface area (Å²) >= 11 is 0.